The number of nitrogens with zero attached hydrogens (tertiary/aromatic N) is 4. The molecule has 1 unspecified atom stereocenters. The van der Waals surface area contributed by atoms with E-state index in [1.54, 1.807) is 6.07 Å². The number of hydrogen-bond donors (Lipinski definition) is 0. The van der Waals surface area contributed by atoms with Crippen LogP contribution in [0, 0.1) is 15.5 Å². The lowest BCUT2D eigenvalue weighted by molar-refractivity contribution is -0.384. The topological polar surface area (TPSA) is 52.9 Å². The summed E-state index contributed by atoms with van der Waals surface area (Å²) < 4.78 is 0. The molecule has 2 heterocycles. The van der Waals surface area contributed by atoms with Gasteiger partial charge in [-0.1, -0.05) is 13.8 Å². The van der Waals surface area contributed by atoms with Gasteiger partial charge in [-0.3, -0.25) is 10.1 Å². The fourth-order valence-corrected chi connectivity index (χ4v) is 3.87. The van der Waals surface area contributed by atoms with E-state index in [1.807, 2.05) is 12.1 Å². The number of benzene rings is 1. The van der Waals surface area contributed by atoms with Crippen LogP contribution in [0.5, 0.6) is 0 Å². The van der Waals surface area contributed by atoms with E-state index in [1.165, 1.54) is 0 Å². The highest BCUT2D eigenvalue weighted by atomic mass is 16.6. The van der Waals surface area contributed by atoms with Crippen molar-refractivity contribution in [3.63, 3.8) is 0 Å². The molecule has 25 heavy (non-hydrogen) atoms. The summed E-state index contributed by atoms with van der Waals surface area (Å²) in [4.78, 5) is 18.1. The maximum atomic E-state index is 11.5. The first kappa shape index (κ1) is 18.0. The molecule has 0 amide bonds. The smallest absolute Gasteiger partial charge is 0.292 e. The van der Waals surface area contributed by atoms with Gasteiger partial charge in [0.2, 0.25) is 0 Å². The Morgan fingerprint density at radius 3 is 2.40 bits per heavy atom. The first-order chi connectivity index (χ1) is 11.8. The maximum absolute atomic E-state index is 11.5. The number of anilines is 2. The van der Waals surface area contributed by atoms with Gasteiger partial charge < -0.3 is 14.7 Å². The van der Waals surface area contributed by atoms with Crippen molar-refractivity contribution in [2.75, 3.05) is 50.1 Å². The minimum Gasteiger partial charge on any atom is -0.370 e. The summed E-state index contributed by atoms with van der Waals surface area (Å²) in [5.74, 6) is 0. The third-order valence-electron chi connectivity index (χ3n) is 5.87. The van der Waals surface area contributed by atoms with Gasteiger partial charge in [0.05, 0.1) is 4.92 Å². The zero-order valence-corrected chi connectivity index (χ0v) is 15.9. The number of rotatable bonds is 4. The summed E-state index contributed by atoms with van der Waals surface area (Å²) in [5, 5.41) is 11.5. The molecule has 3 rings (SSSR count). The normalized spacial score (nSPS) is 23.3. The summed E-state index contributed by atoms with van der Waals surface area (Å²) >= 11 is 0. The van der Waals surface area contributed by atoms with E-state index < -0.39 is 0 Å². The predicted molar refractivity (Wildman–Crippen MR) is 103 cm³/mol. The molecule has 1 aromatic carbocycles. The second kappa shape index (κ2) is 6.83. The Kier molecular flexibility index (Phi) is 4.91. The molecule has 0 aromatic heterocycles. The molecule has 0 spiro atoms. The van der Waals surface area contributed by atoms with Gasteiger partial charge in [-0.15, -0.1) is 0 Å². The van der Waals surface area contributed by atoms with Gasteiger partial charge in [0, 0.05) is 44.0 Å². The van der Waals surface area contributed by atoms with Crippen molar-refractivity contribution in [1.29, 1.82) is 0 Å². The van der Waals surface area contributed by atoms with Crippen molar-refractivity contribution in [1.82, 2.24) is 4.90 Å². The van der Waals surface area contributed by atoms with Gasteiger partial charge in [-0.25, -0.2) is 0 Å². The van der Waals surface area contributed by atoms with Gasteiger partial charge in [0.1, 0.15) is 5.69 Å². The van der Waals surface area contributed by atoms with Crippen molar-refractivity contribution < 1.29 is 4.92 Å². The van der Waals surface area contributed by atoms with Gasteiger partial charge in [-0.05, 0) is 50.9 Å². The summed E-state index contributed by atoms with van der Waals surface area (Å²) in [6.07, 6.45) is 3.28. The van der Waals surface area contributed by atoms with E-state index in [0.717, 1.165) is 56.8 Å². The van der Waals surface area contributed by atoms with E-state index in [2.05, 4.69) is 42.6 Å². The SMILES string of the molecule is CN(C)C1CCN(c2ccc([N+](=O)[O-])c(N3CCC(C)(C)CC3)c2)C1. The molecule has 0 N–H and O–H groups in total. The fourth-order valence-electron chi connectivity index (χ4n) is 3.87. The Labute approximate surface area is 150 Å². The van der Waals surface area contributed by atoms with Gasteiger partial charge in [0.25, 0.3) is 5.69 Å². The minimum atomic E-state index is -0.245. The fraction of sp³-hybridized carbons (Fsp3) is 0.684. The average Bonchev–Trinajstić information content (AvgIpc) is 3.04. The van der Waals surface area contributed by atoms with E-state index in [-0.39, 0.29) is 10.6 Å². The molecule has 2 aliphatic heterocycles. The molecule has 0 aliphatic carbocycles. The lowest BCUT2D eigenvalue weighted by Crippen LogP contribution is -2.37. The van der Waals surface area contributed by atoms with Gasteiger partial charge in [-0.2, -0.15) is 0 Å². The molecule has 1 atom stereocenters. The standard InChI is InChI=1S/C19H30N4O2/c1-19(2)8-11-21(12-9-19)18-13-15(5-6-17(18)23(24)25)22-10-7-16(14-22)20(3)4/h5-6,13,16H,7-12,14H2,1-4H3. The van der Waals surface area contributed by atoms with Crippen molar-refractivity contribution in [3.05, 3.63) is 28.3 Å². The highest BCUT2D eigenvalue weighted by Gasteiger charge is 2.30. The van der Waals surface area contributed by atoms with Gasteiger partial charge in [0.15, 0.2) is 0 Å². The molecular weight excluding hydrogens is 316 g/mol. The molecule has 6 heteroatoms. The quantitative estimate of drug-likeness (QED) is 0.618. The molecule has 1 aromatic rings. The highest BCUT2D eigenvalue weighted by Crippen LogP contribution is 2.38. The molecule has 2 fully saturated rings. The van der Waals surface area contributed by atoms with Crippen LogP contribution in [0.3, 0.4) is 0 Å². The van der Waals surface area contributed by atoms with E-state index in [0.29, 0.717) is 11.5 Å². The van der Waals surface area contributed by atoms with Crippen LogP contribution in [-0.2, 0) is 0 Å². The number of nitro benzene ring substituents is 1. The Bertz CT molecular complexity index is 634. The molecule has 0 saturated carbocycles. The Hall–Kier alpha value is -1.82. The second-order valence-electron chi connectivity index (χ2n) is 8.43. The zero-order valence-electron chi connectivity index (χ0n) is 15.9. The van der Waals surface area contributed by atoms with Crippen molar-refractivity contribution in [3.8, 4) is 0 Å². The lowest BCUT2D eigenvalue weighted by Gasteiger charge is -2.38. The predicted octanol–water partition coefficient (Wildman–Crippen LogP) is 3.36. The summed E-state index contributed by atoms with van der Waals surface area (Å²) in [5.41, 5.74) is 2.45. The van der Waals surface area contributed by atoms with Crippen LogP contribution in [0.15, 0.2) is 18.2 Å². The van der Waals surface area contributed by atoms with Crippen LogP contribution < -0.4 is 9.80 Å². The van der Waals surface area contributed by atoms with Crippen LogP contribution in [-0.4, -0.2) is 56.1 Å². The molecule has 0 radical (unpaired) electrons. The van der Waals surface area contributed by atoms with Crippen LogP contribution >= 0.6 is 0 Å². The van der Waals surface area contributed by atoms with Crippen LogP contribution in [0.4, 0.5) is 17.1 Å². The number of piperidine rings is 1. The van der Waals surface area contributed by atoms with E-state index >= 15 is 0 Å². The summed E-state index contributed by atoms with van der Waals surface area (Å²) in [6, 6.07) is 6.18. The molecule has 6 nitrogen and oxygen atoms in total. The Morgan fingerprint density at radius 2 is 1.84 bits per heavy atom. The molecule has 2 saturated heterocycles. The largest absolute Gasteiger partial charge is 0.370 e. The minimum absolute atomic E-state index is 0.229. The number of hydrogen-bond acceptors (Lipinski definition) is 5. The molecule has 2 aliphatic rings. The molecule has 138 valence electrons. The summed E-state index contributed by atoms with van der Waals surface area (Å²) in [6.45, 7) is 8.32. The van der Waals surface area contributed by atoms with Crippen LogP contribution in [0.2, 0.25) is 0 Å². The first-order valence-corrected chi connectivity index (χ1v) is 9.22. The zero-order chi connectivity index (χ0) is 18.2. The van der Waals surface area contributed by atoms with Crippen molar-refractivity contribution in [2.24, 2.45) is 5.41 Å². The van der Waals surface area contributed by atoms with E-state index in [4.69, 9.17) is 0 Å². The number of likely N-dealkylation sites (N-methyl/N-ethyl adjacent to an activating group) is 1. The third-order valence-corrected chi connectivity index (χ3v) is 5.87. The van der Waals surface area contributed by atoms with Gasteiger partial charge >= 0.3 is 0 Å². The number of nitro groups is 1. The Balaban J connectivity index is 1.85. The summed E-state index contributed by atoms with van der Waals surface area (Å²) in [7, 11) is 4.23. The van der Waals surface area contributed by atoms with E-state index in [9.17, 15) is 10.1 Å². The maximum Gasteiger partial charge on any atom is 0.292 e. The lowest BCUT2D eigenvalue weighted by atomic mass is 9.82. The first-order valence-electron chi connectivity index (χ1n) is 9.22. The third kappa shape index (κ3) is 3.89. The van der Waals surface area contributed by atoms with Crippen molar-refractivity contribution in [2.45, 2.75) is 39.2 Å². The molecule has 0 bridgehead atoms. The second-order valence-corrected chi connectivity index (χ2v) is 8.43. The molecular formula is C19H30N4O2. The van der Waals surface area contributed by atoms with Crippen molar-refractivity contribution >= 4 is 17.1 Å². The monoisotopic (exact) mass is 346 g/mol. The van der Waals surface area contributed by atoms with Crippen LogP contribution in [0.1, 0.15) is 33.1 Å². The Morgan fingerprint density at radius 1 is 1.16 bits per heavy atom. The average molecular weight is 346 g/mol. The highest BCUT2D eigenvalue weighted by molar-refractivity contribution is 5.70. The van der Waals surface area contributed by atoms with Crippen LogP contribution in [0.25, 0.3) is 0 Å².